The molecule has 2 N–H and O–H groups in total. The van der Waals surface area contributed by atoms with Crippen LogP contribution >= 0.6 is 0 Å². The van der Waals surface area contributed by atoms with Gasteiger partial charge in [0.1, 0.15) is 6.07 Å². The topological polar surface area (TPSA) is 112 Å². The number of H-pyrrole nitrogens is 1. The van der Waals surface area contributed by atoms with E-state index < -0.39 is 29.1 Å². The molecular formula is C18H13F2N5O2. The van der Waals surface area contributed by atoms with Crippen LogP contribution in [0.1, 0.15) is 29.9 Å². The quantitative estimate of drug-likeness (QED) is 0.729. The number of pyridine rings is 1. The highest BCUT2D eigenvalue weighted by Crippen LogP contribution is 2.16. The lowest BCUT2D eigenvalue weighted by atomic mass is 10.1. The summed E-state index contributed by atoms with van der Waals surface area (Å²) in [4.78, 5) is 34.7. The standard InChI is InChI=1S/C18H13F2N5O2/c1-9(16-8-22-12(6-21)7-23-16)24-17(26)4-11-2-10-3-13(19)14(20)5-15(10)25-18(11)27/h2-3,5,7-9H,4H2,1H3,(H,24,26)(H,25,27)/t9-/m0/s1. The molecule has 1 atom stereocenters. The fourth-order valence-electron chi connectivity index (χ4n) is 2.54. The zero-order chi connectivity index (χ0) is 19.6. The summed E-state index contributed by atoms with van der Waals surface area (Å²) in [6.45, 7) is 1.68. The van der Waals surface area contributed by atoms with Crippen LogP contribution in [-0.2, 0) is 11.2 Å². The number of aromatic nitrogens is 3. The predicted octanol–water partition coefficient (Wildman–Crippen LogP) is 1.89. The third-order valence-corrected chi connectivity index (χ3v) is 3.92. The molecule has 1 aromatic carbocycles. The highest BCUT2D eigenvalue weighted by molar-refractivity contribution is 5.83. The lowest BCUT2D eigenvalue weighted by Gasteiger charge is -2.13. The maximum atomic E-state index is 13.4. The molecule has 3 aromatic rings. The maximum Gasteiger partial charge on any atom is 0.252 e. The zero-order valence-corrected chi connectivity index (χ0v) is 14.1. The number of fused-ring (bicyclic) bond motifs is 1. The summed E-state index contributed by atoms with van der Waals surface area (Å²) in [6, 6.07) is 4.54. The van der Waals surface area contributed by atoms with Crippen LogP contribution in [0.2, 0.25) is 0 Å². The highest BCUT2D eigenvalue weighted by atomic mass is 19.2. The summed E-state index contributed by atoms with van der Waals surface area (Å²) in [5.74, 6) is -2.57. The second-order valence-corrected chi connectivity index (χ2v) is 5.88. The Morgan fingerprint density at radius 1 is 1.26 bits per heavy atom. The van der Waals surface area contributed by atoms with Gasteiger partial charge >= 0.3 is 0 Å². The van der Waals surface area contributed by atoms with Crippen LogP contribution in [0, 0.1) is 23.0 Å². The van der Waals surface area contributed by atoms with Crippen LogP contribution in [0.25, 0.3) is 10.9 Å². The third kappa shape index (κ3) is 3.95. The fourth-order valence-corrected chi connectivity index (χ4v) is 2.54. The van der Waals surface area contributed by atoms with E-state index in [9.17, 15) is 18.4 Å². The third-order valence-electron chi connectivity index (χ3n) is 3.92. The molecule has 0 unspecified atom stereocenters. The molecule has 0 saturated carbocycles. The van der Waals surface area contributed by atoms with Crippen molar-refractivity contribution in [1.29, 1.82) is 5.26 Å². The van der Waals surface area contributed by atoms with Crippen molar-refractivity contribution in [3.8, 4) is 6.07 Å². The predicted molar refractivity (Wildman–Crippen MR) is 91.5 cm³/mol. The number of rotatable bonds is 4. The van der Waals surface area contributed by atoms with Crippen molar-refractivity contribution in [2.24, 2.45) is 0 Å². The summed E-state index contributed by atoms with van der Waals surface area (Å²) in [6.07, 6.45) is 2.42. The second-order valence-electron chi connectivity index (χ2n) is 5.88. The molecule has 9 heteroatoms. The van der Waals surface area contributed by atoms with Crippen molar-refractivity contribution >= 4 is 16.8 Å². The SMILES string of the molecule is C[C@H](NC(=O)Cc1cc2cc(F)c(F)cc2[nH]c1=O)c1cnc(C#N)cn1. The van der Waals surface area contributed by atoms with Crippen molar-refractivity contribution in [1.82, 2.24) is 20.3 Å². The van der Waals surface area contributed by atoms with Crippen molar-refractivity contribution in [3.63, 3.8) is 0 Å². The van der Waals surface area contributed by atoms with Gasteiger partial charge in [0.15, 0.2) is 17.3 Å². The van der Waals surface area contributed by atoms with Gasteiger partial charge in [0.05, 0.1) is 36.1 Å². The van der Waals surface area contributed by atoms with Gasteiger partial charge in [0.25, 0.3) is 5.56 Å². The van der Waals surface area contributed by atoms with Gasteiger partial charge in [-0.25, -0.2) is 13.8 Å². The Kier molecular flexibility index (Phi) is 4.90. The van der Waals surface area contributed by atoms with Gasteiger partial charge in [0.2, 0.25) is 5.91 Å². The summed E-state index contributed by atoms with van der Waals surface area (Å²) in [5, 5.41) is 11.7. The van der Waals surface area contributed by atoms with Crippen LogP contribution < -0.4 is 10.9 Å². The summed E-state index contributed by atoms with van der Waals surface area (Å²) >= 11 is 0. The summed E-state index contributed by atoms with van der Waals surface area (Å²) in [7, 11) is 0. The number of halogens is 2. The van der Waals surface area contributed by atoms with Crippen LogP contribution in [0.15, 0.2) is 35.4 Å². The summed E-state index contributed by atoms with van der Waals surface area (Å²) in [5.41, 5.74) is 0.304. The van der Waals surface area contributed by atoms with Crippen molar-refractivity contribution in [2.45, 2.75) is 19.4 Å². The van der Waals surface area contributed by atoms with E-state index in [1.54, 1.807) is 6.92 Å². The largest absolute Gasteiger partial charge is 0.348 e. The first kappa shape index (κ1) is 18.1. The van der Waals surface area contributed by atoms with E-state index in [4.69, 9.17) is 5.26 Å². The number of carbonyl (C=O) groups is 1. The number of aromatic amines is 1. The van der Waals surface area contributed by atoms with E-state index in [2.05, 4.69) is 20.3 Å². The van der Waals surface area contributed by atoms with E-state index in [0.717, 1.165) is 12.1 Å². The van der Waals surface area contributed by atoms with Crippen LogP contribution in [0.4, 0.5) is 8.78 Å². The average Bonchev–Trinajstić information content (AvgIpc) is 2.64. The van der Waals surface area contributed by atoms with Crippen molar-refractivity contribution < 1.29 is 13.6 Å². The van der Waals surface area contributed by atoms with Gasteiger partial charge in [0, 0.05) is 17.0 Å². The monoisotopic (exact) mass is 369 g/mol. The van der Waals surface area contributed by atoms with E-state index in [1.807, 2.05) is 6.07 Å². The van der Waals surface area contributed by atoms with Gasteiger partial charge in [-0.05, 0) is 19.1 Å². The Morgan fingerprint density at radius 2 is 2.00 bits per heavy atom. The second kappa shape index (κ2) is 7.29. The number of benzene rings is 1. The van der Waals surface area contributed by atoms with Gasteiger partial charge in [-0.2, -0.15) is 5.26 Å². The minimum Gasteiger partial charge on any atom is -0.348 e. The van der Waals surface area contributed by atoms with Crippen LogP contribution in [-0.4, -0.2) is 20.9 Å². The number of carbonyl (C=O) groups excluding carboxylic acids is 1. The number of nitrogens with one attached hydrogen (secondary N) is 2. The number of hydrogen-bond donors (Lipinski definition) is 2. The first-order valence-electron chi connectivity index (χ1n) is 7.89. The van der Waals surface area contributed by atoms with E-state index in [1.165, 1.54) is 18.5 Å². The average molecular weight is 369 g/mol. The van der Waals surface area contributed by atoms with E-state index in [-0.39, 0.29) is 28.6 Å². The molecule has 0 spiro atoms. The minimum atomic E-state index is -1.07. The van der Waals surface area contributed by atoms with Gasteiger partial charge in [-0.3, -0.25) is 14.6 Å². The molecule has 0 aliphatic heterocycles. The molecule has 1 amide bonds. The van der Waals surface area contributed by atoms with Crippen molar-refractivity contribution in [3.05, 3.63) is 69.5 Å². The lowest BCUT2D eigenvalue weighted by Crippen LogP contribution is -2.30. The molecule has 2 heterocycles. The molecule has 0 aliphatic rings. The molecule has 0 aliphatic carbocycles. The smallest absolute Gasteiger partial charge is 0.252 e. The zero-order valence-electron chi connectivity index (χ0n) is 14.1. The number of hydrogen-bond acceptors (Lipinski definition) is 5. The Balaban J connectivity index is 1.77. The molecular weight excluding hydrogens is 356 g/mol. The molecule has 136 valence electrons. The Labute approximate surface area is 151 Å². The Bertz CT molecular complexity index is 1120. The molecule has 0 fully saturated rings. The van der Waals surface area contributed by atoms with E-state index >= 15 is 0 Å². The van der Waals surface area contributed by atoms with E-state index in [0.29, 0.717) is 5.69 Å². The molecule has 0 saturated heterocycles. The Hall–Kier alpha value is -3.67. The molecule has 7 nitrogen and oxygen atoms in total. The fraction of sp³-hybridized carbons (Fsp3) is 0.167. The van der Waals surface area contributed by atoms with Gasteiger partial charge in [-0.15, -0.1) is 0 Å². The maximum absolute atomic E-state index is 13.4. The highest BCUT2D eigenvalue weighted by Gasteiger charge is 2.15. The first-order valence-corrected chi connectivity index (χ1v) is 7.89. The first-order chi connectivity index (χ1) is 12.9. The van der Waals surface area contributed by atoms with Crippen LogP contribution in [0.5, 0.6) is 0 Å². The summed E-state index contributed by atoms with van der Waals surface area (Å²) < 4.78 is 26.6. The molecule has 0 radical (unpaired) electrons. The number of nitriles is 1. The molecule has 3 rings (SSSR count). The van der Waals surface area contributed by atoms with Gasteiger partial charge in [-0.1, -0.05) is 0 Å². The molecule has 27 heavy (non-hydrogen) atoms. The number of amides is 1. The Morgan fingerprint density at radius 3 is 2.67 bits per heavy atom. The number of nitrogens with zero attached hydrogens (tertiary/aromatic N) is 3. The normalized spacial score (nSPS) is 11.8. The molecule has 2 aromatic heterocycles. The molecule has 0 bridgehead atoms. The lowest BCUT2D eigenvalue weighted by molar-refractivity contribution is -0.121. The van der Waals surface area contributed by atoms with Crippen molar-refractivity contribution in [2.75, 3.05) is 0 Å². The van der Waals surface area contributed by atoms with Gasteiger partial charge < -0.3 is 10.3 Å². The minimum absolute atomic E-state index is 0.115. The van der Waals surface area contributed by atoms with Crippen LogP contribution in [0.3, 0.4) is 0 Å².